The number of aryl methyl sites for hydroxylation is 1. The van der Waals surface area contributed by atoms with E-state index in [1.807, 2.05) is 13.0 Å². The molecule has 1 saturated heterocycles. The number of likely N-dealkylation sites (tertiary alicyclic amines) is 1. The summed E-state index contributed by atoms with van der Waals surface area (Å²) in [6, 6.07) is 15.2. The van der Waals surface area contributed by atoms with Crippen LogP contribution >= 0.6 is 11.6 Å². The van der Waals surface area contributed by atoms with E-state index in [0.717, 1.165) is 54.9 Å². The second kappa shape index (κ2) is 8.04. The molecule has 0 aromatic heterocycles. The van der Waals surface area contributed by atoms with Gasteiger partial charge in [-0.15, -0.1) is 0 Å². The molecule has 0 spiro atoms. The number of halogens is 1. The van der Waals surface area contributed by atoms with Crippen molar-refractivity contribution in [3.63, 3.8) is 0 Å². The number of nitrogens with zero attached hydrogens (tertiary/aromatic N) is 1. The number of carbonyl (C=O) groups excluding carboxylic acids is 1. The van der Waals surface area contributed by atoms with Crippen molar-refractivity contribution in [2.75, 3.05) is 6.54 Å². The molecule has 1 saturated carbocycles. The third-order valence-electron chi connectivity index (χ3n) is 5.94. The molecule has 2 fully saturated rings. The van der Waals surface area contributed by atoms with Crippen LogP contribution in [0.25, 0.3) is 11.1 Å². The minimum absolute atomic E-state index is 0.0167. The van der Waals surface area contributed by atoms with Crippen molar-refractivity contribution >= 4 is 17.5 Å². The Balaban J connectivity index is 1.47. The number of hydrogen-bond acceptors (Lipinski definition) is 2. The number of amides is 1. The minimum Gasteiger partial charge on any atom is -0.352 e. The highest BCUT2D eigenvalue weighted by atomic mass is 35.5. The summed E-state index contributed by atoms with van der Waals surface area (Å²) in [5.74, 6) is 0.221. The van der Waals surface area contributed by atoms with Gasteiger partial charge in [-0.3, -0.25) is 9.69 Å². The van der Waals surface area contributed by atoms with E-state index in [0.29, 0.717) is 6.04 Å². The summed E-state index contributed by atoms with van der Waals surface area (Å²) in [5, 5.41) is 4.02. The third kappa shape index (κ3) is 4.20. The molecule has 1 aliphatic carbocycles. The fourth-order valence-electron chi connectivity index (χ4n) is 4.02. The Hall–Kier alpha value is -1.84. The molecule has 0 bridgehead atoms. The van der Waals surface area contributed by atoms with Gasteiger partial charge in [0, 0.05) is 17.6 Å². The predicted octanol–water partition coefficient (Wildman–Crippen LogP) is 4.95. The molecular formula is C23H27ClN2O. The van der Waals surface area contributed by atoms with E-state index >= 15 is 0 Å². The molecule has 2 aromatic carbocycles. The summed E-state index contributed by atoms with van der Waals surface area (Å²) < 4.78 is 0. The van der Waals surface area contributed by atoms with Gasteiger partial charge >= 0.3 is 0 Å². The quantitative estimate of drug-likeness (QED) is 0.793. The van der Waals surface area contributed by atoms with E-state index in [-0.39, 0.29) is 11.9 Å². The number of rotatable bonds is 5. The lowest BCUT2D eigenvalue weighted by Gasteiger charge is -2.30. The molecule has 1 amide bonds. The average molecular weight is 383 g/mol. The molecule has 1 atom stereocenters. The van der Waals surface area contributed by atoms with E-state index in [2.05, 4.69) is 46.6 Å². The SMILES string of the molecule is Cc1ccc(-c2cccc(CN3CCCC3C(=O)NC3CCC3)c2)cc1Cl. The second-order valence-electron chi connectivity index (χ2n) is 7.93. The third-order valence-corrected chi connectivity index (χ3v) is 6.34. The molecule has 3 nitrogen and oxygen atoms in total. The van der Waals surface area contributed by atoms with Gasteiger partial charge in [-0.1, -0.05) is 41.9 Å². The zero-order valence-corrected chi connectivity index (χ0v) is 16.6. The van der Waals surface area contributed by atoms with Gasteiger partial charge in [0.2, 0.25) is 5.91 Å². The van der Waals surface area contributed by atoms with Gasteiger partial charge in [-0.25, -0.2) is 0 Å². The Bertz CT molecular complexity index is 831. The zero-order valence-electron chi connectivity index (χ0n) is 15.9. The lowest BCUT2D eigenvalue weighted by Crippen LogP contribution is -2.48. The molecule has 2 aromatic rings. The first-order valence-corrected chi connectivity index (χ1v) is 10.4. The van der Waals surface area contributed by atoms with Crippen LogP contribution in [0, 0.1) is 6.92 Å². The van der Waals surface area contributed by atoms with Crippen LogP contribution in [0.5, 0.6) is 0 Å². The predicted molar refractivity (Wildman–Crippen MR) is 111 cm³/mol. The molecule has 1 heterocycles. The van der Waals surface area contributed by atoms with E-state index in [9.17, 15) is 4.79 Å². The Morgan fingerprint density at radius 2 is 1.93 bits per heavy atom. The van der Waals surface area contributed by atoms with Gasteiger partial charge in [0.05, 0.1) is 6.04 Å². The van der Waals surface area contributed by atoms with Crippen molar-refractivity contribution < 1.29 is 4.79 Å². The Morgan fingerprint density at radius 1 is 1.11 bits per heavy atom. The van der Waals surface area contributed by atoms with Gasteiger partial charge in [-0.2, -0.15) is 0 Å². The van der Waals surface area contributed by atoms with Crippen LogP contribution in [0.4, 0.5) is 0 Å². The highest BCUT2D eigenvalue weighted by molar-refractivity contribution is 6.31. The summed E-state index contributed by atoms with van der Waals surface area (Å²) >= 11 is 6.30. The molecule has 4 rings (SSSR count). The van der Waals surface area contributed by atoms with Gasteiger partial charge < -0.3 is 5.32 Å². The summed E-state index contributed by atoms with van der Waals surface area (Å²) in [6.45, 7) is 3.82. The smallest absolute Gasteiger partial charge is 0.237 e. The highest BCUT2D eigenvalue weighted by Crippen LogP contribution is 2.28. The second-order valence-corrected chi connectivity index (χ2v) is 8.34. The number of nitrogens with one attached hydrogen (secondary N) is 1. The Morgan fingerprint density at radius 3 is 2.67 bits per heavy atom. The number of hydrogen-bond donors (Lipinski definition) is 1. The topological polar surface area (TPSA) is 32.3 Å². The average Bonchev–Trinajstić information content (AvgIpc) is 3.09. The van der Waals surface area contributed by atoms with Crippen LogP contribution in [0.3, 0.4) is 0 Å². The zero-order chi connectivity index (χ0) is 18.8. The normalized spacial score (nSPS) is 20.4. The van der Waals surface area contributed by atoms with Crippen molar-refractivity contribution in [1.82, 2.24) is 10.2 Å². The monoisotopic (exact) mass is 382 g/mol. The van der Waals surface area contributed by atoms with Crippen LogP contribution in [0.2, 0.25) is 5.02 Å². The van der Waals surface area contributed by atoms with Crippen LogP contribution in [-0.4, -0.2) is 29.4 Å². The largest absolute Gasteiger partial charge is 0.352 e. The van der Waals surface area contributed by atoms with E-state index < -0.39 is 0 Å². The first-order valence-electron chi connectivity index (χ1n) is 10.00. The van der Waals surface area contributed by atoms with E-state index in [1.54, 1.807) is 0 Å². The fourth-order valence-corrected chi connectivity index (χ4v) is 4.20. The molecule has 0 radical (unpaired) electrons. The van der Waals surface area contributed by atoms with Crippen molar-refractivity contribution in [2.45, 2.75) is 57.7 Å². The maximum atomic E-state index is 12.6. The maximum absolute atomic E-state index is 12.6. The fraction of sp³-hybridized carbons (Fsp3) is 0.435. The maximum Gasteiger partial charge on any atom is 0.237 e. The first-order chi connectivity index (χ1) is 13.1. The standard InChI is InChI=1S/C23H27ClN2O/c1-16-10-11-19(14-21(16)24)18-6-2-5-17(13-18)15-26-12-4-9-22(26)23(27)25-20-7-3-8-20/h2,5-6,10-11,13-14,20,22H,3-4,7-9,12,15H2,1H3,(H,25,27). The molecule has 142 valence electrons. The number of carbonyl (C=O) groups is 1. The molecule has 1 aliphatic heterocycles. The van der Waals surface area contributed by atoms with Crippen LogP contribution in [0.15, 0.2) is 42.5 Å². The molecule has 4 heteroatoms. The Labute approximate surface area is 166 Å². The van der Waals surface area contributed by atoms with Gasteiger partial charge in [0.1, 0.15) is 0 Å². The van der Waals surface area contributed by atoms with Crippen molar-refractivity contribution in [3.8, 4) is 11.1 Å². The van der Waals surface area contributed by atoms with Crippen LogP contribution in [0.1, 0.15) is 43.2 Å². The molecule has 2 aliphatic rings. The van der Waals surface area contributed by atoms with Crippen LogP contribution in [-0.2, 0) is 11.3 Å². The molecule has 1 unspecified atom stereocenters. The van der Waals surface area contributed by atoms with Crippen molar-refractivity contribution in [2.24, 2.45) is 0 Å². The highest BCUT2D eigenvalue weighted by Gasteiger charge is 2.32. The summed E-state index contributed by atoms with van der Waals surface area (Å²) in [5.41, 5.74) is 4.64. The van der Waals surface area contributed by atoms with Gasteiger partial charge in [0.15, 0.2) is 0 Å². The van der Waals surface area contributed by atoms with E-state index in [1.165, 1.54) is 17.5 Å². The summed E-state index contributed by atoms with van der Waals surface area (Å²) in [6.07, 6.45) is 5.58. The minimum atomic E-state index is 0.0167. The first kappa shape index (κ1) is 18.5. The van der Waals surface area contributed by atoms with Gasteiger partial charge in [-0.05, 0) is 80.0 Å². The summed E-state index contributed by atoms with van der Waals surface area (Å²) in [7, 11) is 0. The lowest BCUT2D eigenvalue weighted by molar-refractivity contribution is -0.126. The summed E-state index contributed by atoms with van der Waals surface area (Å²) in [4.78, 5) is 15.0. The molecule has 27 heavy (non-hydrogen) atoms. The van der Waals surface area contributed by atoms with E-state index in [4.69, 9.17) is 11.6 Å². The van der Waals surface area contributed by atoms with Crippen molar-refractivity contribution in [1.29, 1.82) is 0 Å². The molecular weight excluding hydrogens is 356 g/mol. The van der Waals surface area contributed by atoms with Crippen molar-refractivity contribution in [3.05, 3.63) is 58.6 Å². The Kier molecular flexibility index (Phi) is 5.51. The van der Waals surface area contributed by atoms with Crippen LogP contribution < -0.4 is 5.32 Å². The van der Waals surface area contributed by atoms with Gasteiger partial charge in [0.25, 0.3) is 0 Å². The number of benzene rings is 2. The lowest BCUT2D eigenvalue weighted by atomic mass is 9.93. The molecule has 1 N–H and O–H groups in total.